The Hall–Kier alpha value is -2.15. The number of imidazole rings is 1. The van der Waals surface area contributed by atoms with E-state index >= 15 is 0 Å². The Morgan fingerprint density at radius 3 is 2.72 bits per heavy atom. The first-order valence-electron chi connectivity index (χ1n) is 8.49. The number of aromatic nitrogens is 2. The van der Waals surface area contributed by atoms with E-state index in [0.717, 1.165) is 25.0 Å². The van der Waals surface area contributed by atoms with Crippen molar-refractivity contribution < 1.29 is 23.8 Å². The molecule has 2 atom stereocenters. The van der Waals surface area contributed by atoms with Gasteiger partial charge in [0.05, 0.1) is 24.0 Å². The highest BCUT2D eigenvalue weighted by Crippen LogP contribution is 2.53. The van der Waals surface area contributed by atoms with Gasteiger partial charge in [0, 0.05) is 17.8 Å². The van der Waals surface area contributed by atoms with Gasteiger partial charge in [0.1, 0.15) is 5.56 Å². The van der Waals surface area contributed by atoms with Crippen molar-refractivity contribution >= 4 is 11.6 Å². The van der Waals surface area contributed by atoms with Gasteiger partial charge in [-0.15, -0.1) is 0 Å². The molecular weight excluding hydrogens is 327 g/mol. The van der Waals surface area contributed by atoms with E-state index in [-0.39, 0.29) is 34.1 Å². The second-order valence-corrected chi connectivity index (χ2v) is 7.71. The highest BCUT2D eigenvalue weighted by Gasteiger charge is 2.55. The number of aromatic carboxylic acids is 1. The molecule has 0 amide bonds. The number of carboxylic acids is 1. The van der Waals surface area contributed by atoms with E-state index in [0.29, 0.717) is 6.61 Å². The van der Waals surface area contributed by atoms with Crippen molar-refractivity contribution in [3.63, 3.8) is 0 Å². The van der Waals surface area contributed by atoms with E-state index in [2.05, 4.69) is 11.9 Å². The van der Waals surface area contributed by atoms with Gasteiger partial charge in [0.25, 0.3) is 0 Å². The first kappa shape index (κ1) is 16.3. The van der Waals surface area contributed by atoms with Crippen molar-refractivity contribution in [1.82, 2.24) is 9.38 Å². The van der Waals surface area contributed by atoms with Crippen LogP contribution in [-0.2, 0) is 10.2 Å². The molecule has 3 heterocycles. The summed E-state index contributed by atoms with van der Waals surface area (Å²) in [5.41, 5.74) is 0.289. The van der Waals surface area contributed by atoms with Crippen LogP contribution in [0.4, 0.5) is 4.39 Å². The summed E-state index contributed by atoms with van der Waals surface area (Å²) in [6, 6.07) is 0. The fourth-order valence-corrected chi connectivity index (χ4v) is 4.08. The lowest BCUT2D eigenvalue weighted by Crippen LogP contribution is -2.26. The molecule has 0 aromatic carbocycles. The van der Waals surface area contributed by atoms with Crippen LogP contribution in [0.5, 0.6) is 5.75 Å². The molecule has 6 nitrogen and oxygen atoms in total. The first-order chi connectivity index (χ1) is 11.7. The number of ether oxygens (including phenoxy) is 2. The van der Waals surface area contributed by atoms with Crippen LogP contribution in [-0.4, -0.2) is 38.8 Å². The monoisotopic (exact) mass is 348 g/mol. The van der Waals surface area contributed by atoms with E-state index in [4.69, 9.17) is 9.47 Å². The van der Waals surface area contributed by atoms with E-state index in [9.17, 15) is 14.3 Å². The second kappa shape index (κ2) is 5.17. The van der Waals surface area contributed by atoms with Gasteiger partial charge in [0.15, 0.2) is 11.4 Å². The molecule has 1 aliphatic carbocycles. The minimum absolute atomic E-state index is 0.0885. The van der Waals surface area contributed by atoms with Crippen LogP contribution in [0.15, 0.2) is 12.4 Å². The van der Waals surface area contributed by atoms with Gasteiger partial charge >= 0.3 is 5.97 Å². The van der Waals surface area contributed by atoms with Crippen molar-refractivity contribution in [2.45, 2.75) is 57.2 Å². The minimum Gasteiger partial charge on any atom is -0.487 e. The van der Waals surface area contributed by atoms with Crippen LogP contribution >= 0.6 is 0 Å². The lowest BCUT2D eigenvalue weighted by molar-refractivity contribution is -0.00627. The fraction of sp³-hybridized carbons (Fsp3) is 0.556. The predicted molar refractivity (Wildman–Crippen MR) is 87.8 cm³/mol. The zero-order valence-corrected chi connectivity index (χ0v) is 14.5. The molecule has 4 rings (SSSR count). The summed E-state index contributed by atoms with van der Waals surface area (Å²) >= 11 is 0. The van der Waals surface area contributed by atoms with Crippen molar-refractivity contribution in [2.24, 2.45) is 0 Å². The molecule has 2 aromatic rings. The third kappa shape index (κ3) is 2.40. The topological polar surface area (TPSA) is 73.1 Å². The van der Waals surface area contributed by atoms with E-state index in [1.807, 2.05) is 0 Å². The number of nitrogens with zero attached hydrogens (tertiary/aromatic N) is 2. The van der Waals surface area contributed by atoms with Gasteiger partial charge in [-0.25, -0.2) is 9.78 Å². The smallest absolute Gasteiger partial charge is 0.341 e. The van der Waals surface area contributed by atoms with Crippen molar-refractivity contribution in [3.8, 4) is 5.75 Å². The first-order valence-corrected chi connectivity index (χ1v) is 8.49. The number of rotatable bonds is 4. The molecule has 1 aliphatic heterocycles. The zero-order valence-electron chi connectivity index (χ0n) is 14.5. The quantitative estimate of drug-likeness (QED) is 0.919. The third-order valence-electron chi connectivity index (χ3n) is 5.31. The third-order valence-corrected chi connectivity index (χ3v) is 5.31. The standard InChI is InChI=1S/C18H21FN2O4/c1-10(2)25-14-11(16(22)23)6-21-7-12(20-15(21)13(14)19)18-5-4-17(3,8-18)24-9-18/h6-7,10H,4-5,8-9H2,1-3H3,(H,22,23)/t17-,18-/m1/s1. The number of hydrogen-bond acceptors (Lipinski definition) is 4. The van der Waals surface area contributed by atoms with Gasteiger partial charge in [-0.3, -0.25) is 0 Å². The molecular formula is C18H21FN2O4. The fourth-order valence-electron chi connectivity index (χ4n) is 4.08. The number of carbonyl (C=O) groups is 1. The lowest BCUT2D eigenvalue weighted by Gasteiger charge is -2.24. The van der Waals surface area contributed by atoms with Crippen molar-refractivity contribution in [1.29, 1.82) is 0 Å². The molecule has 7 heteroatoms. The maximum absolute atomic E-state index is 15.0. The van der Waals surface area contributed by atoms with Crippen LogP contribution in [0, 0.1) is 5.82 Å². The Kier molecular flexibility index (Phi) is 3.38. The largest absolute Gasteiger partial charge is 0.487 e. The normalized spacial score (nSPS) is 28.2. The summed E-state index contributed by atoms with van der Waals surface area (Å²) < 4.78 is 27.7. The average molecular weight is 348 g/mol. The highest BCUT2D eigenvalue weighted by molar-refractivity contribution is 5.91. The van der Waals surface area contributed by atoms with Gasteiger partial charge in [0.2, 0.25) is 5.82 Å². The molecule has 2 bridgehead atoms. The van der Waals surface area contributed by atoms with E-state index < -0.39 is 11.8 Å². The van der Waals surface area contributed by atoms with Crippen LogP contribution in [0.3, 0.4) is 0 Å². The van der Waals surface area contributed by atoms with E-state index in [1.165, 1.54) is 10.6 Å². The summed E-state index contributed by atoms with van der Waals surface area (Å²) in [6.07, 6.45) is 5.50. The summed E-state index contributed by atoms with van der Waals surface area (Å²) in [5, 5.41) is 9.42. The Bertz CT molecular complexity index is 866. The van der Waals surface area contributed by atoms with Crippen LogP contribution in [0.25, 0.3) is 5.65 Å². The second-order valence-electron chi connectivity index (χ2n) is 7.71. The molecule has 1 saturated heterocycles. The molecule has 2 aliphatic rings. The molecule has 0 spiro atoms. The SMILES string of the molecule is CC(C)Oc1c(C(=O)O)cn2cc([C@]34CC[C@](C)(C3)OC4)nc2c1F. The van der Waals surface area contributed by atoms with Crippen molar-refractivity contribution in [3.05, 3.63) is 29.5 Å². The number of halogens is 1. The number of fused-ring (bicyclic) bond motifs is 3. The number of carboxylic acid groups (broad SMARTS) is 1. The van der Waals surface area contributed by atoms with Gasteiger partial charge in [-0.05, 0) is 40.0 Å². The number of hydrogen-bond donors (Lipinski definition) is 1. The number of pyridine rings is 1. The molecule has 134 valence electrons. The Balaban J connectivity index is 1.86. The van der Waals surface area contributed by atoms with E-state index in [1.54, 1.807) is 20.0 Å². The summed E-state index contributed by atoms with van der Waals surface area (Å²) in [5.74, 6) is -2.23. The lowest BCUT2D eigenvalue weighted by atomic mass is 9.84. The maximum atomic E-state index is 15.0. The van der Waals surface area contributed by atoms with Gasteiger partial charge in [-0.2, -0.15) is 4.39 Å². The van der Waals surface area contributed by atoms with Crippen LogP contribution in [0.1, 0.15) is 56.1 Å². The van der Waals surface area contributed by atoms with Crippen LogP contribution < -0.4 is 4.74 Å². The molecule has 2 fully saturated rings. The molecule has 1 N–H and O–H groups in total. The molecule has 1 saturated carbocycles. The minimum atomic E-state index is -1.23. The average Bonchev–Trinajstić information content (AvgIpc) is 3.19. The maximum Gasteiger partial charge on any atom is 0.341 e. The summed E-state index contributed by atoms with van der Waals surface area (Å²) in [6.45, 7) is 6.10. The Morgan fingerprint density at radius 2 is 2.20 bits per heavy atom. The van der Waals surface area contributed by atoms with Gasteiger partial charge < -0.3 is 19.0 Å². The van der Waals surface area contributed by atoms with Crippen LogP contribution in [0.2, 0.25) is 0 Å². The molecule has 0 radical (unpaired) electrons. The predicted octanol–water partition coefficient (Wildman–Crippen LogP) is 3.17. The molecule has 0 unspecified atom stereocenters. The highest BCUT2D eigenvalue weighted by atomic mass is 19.1. The zero-order chi connectivity index (χ0) is 18.0. The Labute approximate surface area is 144 Å². The molecule has 25 heavy (non-hydrogen) atoms. The van der Waals surface area contributed by atoms with Crippen molar-refractivity contribution in [2.75, 3.05) is 6.61 Å². The molecule has 2 aromatic heterocycles. The van der Waals surface area contributed by atoms with Gasteiger partial charge in [-0.1, -0.05) is 0 Å². The summed E-state index contributed by atoms with van der Waals surface area (Å²) in [7, 11) is 0. The summed E-state index contributed by atoms with van der Waals surface area (Å²) in [4.78, 5) is 16.0. The Morgan fingerprint density at radius 1 is 1.44 bits per heavy atom.